The van der Waals surface area contributed by atoms with E-state index in [1.54, 1.807) is 0 Å². The van der Waals surface area contributed by atoms with Crippen LogP contribution in [0.4, 0.5) is 0 Å². The van der Waals surface area contributed by atoms with Crippen molar-refractivity contribution in [2.24, 2.45) is 0 Å². The van der Waals surface area contributed by atoms with E-state index in [1.807, 2.05) is 11.4 Å². The van der Waals surface area contributed by atoms with Crippen molar-refractivity contribution in [3.63, 3.8) is 0 Å². The first-order valence-electron chi connectivity index (χ1n) is 6.53. The van der Waals surface area contributed by atoms with Crippen LogP contribution in [0.15, 0.2) is 15.9 Å². The Balaban J connectivity index is 1.73. The van der Waals surface area contributed by atoms with Crippen LogP contribution in [0, 0.1) is 0 Å². The molecule has 0 spiro atoms. The quantitative estimate of drug-likeness (QED) is 0.921. The van der Waals surface area contributed by atoms with Gasteiger partial charge in [0.1, 0.15) is 4.88 Å². The van der Waals surface area contributed by atoms with Crippen LogP contribution in [-0.2, 0) is 0 Å². The highest BCUT2D eigenvalue weighted by Crippen LogP contribution is 2.32. The van der Waals surface area contributed by atoms with E-state index in [2.05, 4.69) is 26.1 Å². The Morgan fingerprint density at radius 3 is 2.89 bits per heavy atom. The number of nitrogens with zero attached hydrogens (tertiary/aromatic N) is 1. The fourth-order valence-electron chi connectivity index (χ4n) is 2.51. The van der Waals surface area contributed by atoms with Crippen LogP contribution in [-0.4, -0.2) is 36.0 Å². The van der Waals surface area contributed by atoms with Crippen molar-refractivity contribution in [3.8, 4) is 0 Å². The summed E-state index contributed by atoms with van der Waals surface area (Å²) in [5.74, 6) is 0.202. The molecule has 2 heterocycles. The molecule has 3 rings (SSSR count). The molecule has 1 saturated carbocycles. The Morgan fingerprint density at radius 2 is 2.33 bits per heavy atom. The van der Waals surface area contributed by atoms with Crippen molar-refractivity contribution in [3.05, 3.63) is 20.8 Å². The Hall–Kier alpha value is -0.390. The molecule has 1 N–H and O–H groups in total. The Labute approximate surface area is 120 Å². The number of carbonyl (C=O) groups excluding carboxylic acids is 1. The molecular formula is C13H17BrN2OS. The number of hydrogen-bond donors (Lipinski definition) is 1. The summed E-state index contributed by atoms with van der Waals surface area (Å²) in [4.78, 5) is 15.5. The van der Waals surface area contributed by atoms with Crippen LogP contribution in [0.3, 0.4) is 0 Å². The van der Waals surface area contributed by atoms with E-state index >= 15 is 0 Å². The molecule has 18 heavy (non-hydrogen) atoms. The number of halogens is 1. The second-order valence-corrected chi connectivity index (χ2v) is 6.85. The zero-order chi connectivity index (χ0) is 12.5. The standard InChI is InChI=1S/C13H17BrN2OS/c14-11-5-7-18-12(11)13(17)16(10-3-4-10)8-9-2-1-6-15-9/h5,7,9-10,15H,1-4,6,8H2. The molecule has 5 heteroatoms. The summed E-state index contributed by atoms with van der Waals surface area (Å²) in [7, 11) is 0. The third kappa shape index (κ3) is 2.63. The van der Waals surface area contributed by atoms with E-state index in [9.17, 15) is 4.79 Å². The maximum atomic E-state index is 12.6. The first-order valence-corrected chi connectivity index (χ1v) is 8.20. The molecule has 0 aromatic carbocycles. The van der Waals surface area contributed by atoms with Gasteiger partial charge in [-0.15, -0.1) is 11.3 Å². The second kappa shape index (κ2) is 5.31. The summed E-state index contributed by atoms with van der Waals surface area (Å²) in [5.41, 5.74) is 0. The monoisotopic (exact) mass is 328 g/mol. The molecular weight excluding hydrogens is 312 g/mol. The van der Waals surface area contributed by atoms with Gasteiger partial charge in [0.2, 0.25) is 0 Å². The van der Waals surface area contributed by atoms with Gasteiger partial charge >= 0.3 is 0 Å². The summed E-state index contributed by atoms with van der Waals surface area (Å²) in [5, 5.41) is 5.45. The number of carbonyl (C=O) groups is 1. The Bertz CT molecular complexity index is 438. The van der Waals surface area contributed by atoms with Gasteiger partial charge in [-0.25, -0.2) is 0 Å². The maximum Gasteiger partial charge on any atom is 0.265 e. The Morgan fingerprint density at radius 1 is 1.50 bits per heavy atom. The molecule has 0 bridgehead atoms. The van der Waals surface area contributed by atoms with Gasteiger partial charge in [-0.3, -0.25) is 4.79 Å². The van der Waals surface area contributed by atoms with Crippen molar-refractivity contribution >= 4 is 33.2 Å². The van der Waals surface area contributed by atoms with Crippen LogP contribution in [0.1, 0.15) is 35.4 Å². The van der Waals surface area contributed by atoms with Crippen molar-refractivity contribution in [2.75, 3.05) is 13.1 Å². The van der Waals surface area contributed by atoms with Gasteiger partial charge in [-0.1, -0.05) is 0 Å². The fourth-order valence-corrected chi connectivity index (χ4v) is 4.01. The third-order valence-electron chi connectivity index (χ3n) is 3.64. The molecule has 98 valence electrons. The number of hydrogen-bond acceptors (Lipinski definition) is 3. The number of amides is 1. The van der Waals surface area contributed by atoms with Gasteiger partial charge in [0.05, 0.1) is 0 Å². The van der Waals surface area contributed by atoms with Crippen LogP contribution >= 0.6 is 27.3 Å². The summed E-state index contributed by atoms with van der Waals surface area (Å²) < 4.78 is 0.933. The average molecular weight is 329 g/mol. The molecule has 3 nitrogen and oxygen atoms in total. The molecule has 1 saturated heterocycles. The molecule has 1 unspecified atom stereocenters. The van der Waals surface area contributed by atoms with E-state index in [0.29, 0.717) is 12.1 Å². The minimum absolute atomic E-state index is 0.202. The largest absolute Gasteiger partial charge is 0.333 e. The molecule has 1 aliphatic heterocycles. The van der Waals surface area contributed by atoms with E-state index in [0.717, 1.165) is 22.4 Å². The predicted molar refractivity (Wildman–Crippen MR) is 77.1 cm³/mol. The summed E-state index contributed by atoms with van der Waals surface area (Å²) >= 11 is 5.00. The second-order valence-electron chi connectivity index (χ2n) is 5.08. The molecule has 0 radical (unpaired) electrons. The zero-order valence-electron chi connectivity index (χ0n) is 10.2. The minimum atomic E-state index is 0.202. The third-order valence-corrected chi connectivity index (χ3v) is 5.47. The van der Waals surface area contributed by atoms with E-state index in [-0.39, 0.29) is 5.91 Å². The minimum Gasteiger partial charge on any atom is -0.333 e. The van der Waals surface area contributed by atoms with Crippen LogP contribution in [0.5, 0.6) is 0 Å². The molecule has 1 aromatic rings. The van der Waals surface area contributed by atoms with Gasteiger partial charge < -0.3 is 10.2 Å². The number of nitrogens with one attached hydrogen (secondary N) is 1. The molecule has 1 atom stereocenters. The molecule has 1 aromatic heterocycles. The molecule has 1 amide bonds. The normalized spacial score (nSPS) is 23.3. The smallest absolute Gasteiger partial charge is 0.265 e. The highest BCUT2D eigenvalue weighted by Gasteiger charge is 2.35. The van der Waals surface area contributed by atoms with Crippen molar-refractivity contribution in [1.82, 2.24) is 10.2 Å². The molecule has 2 aliphatic rings. The van der Waals surface area contributed by atoms with Gasteiger partial charge in [0, 0.05) is 23.1 Å². The van der Waals surface area contributed by atoms with Gasteiger partial charge in [-0.2, -0.15) is 0 Å². The number of thiophene rings is 1. The van der Waals surface area contributed by atoms with Crippen LogP contribution in [0.2, 0.25) is 0 Å². The highest BCUT2D eigenvalue weighted by atomic mass is 79.9. The zero-order valence-corrected chi connectivity index (χ0v) is 12.6. The fraction of sp³-hybridized carbons (Fsp3) is 0.615. The topological polar surface area (TPSA) is 32.3 Å². The summed E-state index contributed by atoms with van der Waals surface area (Å²) in [6.45, 7) is 1.97. The van der Waals surface area contributed by atoms with Crippen LogP contribution < -0.4 is 5.32 Å². The average Bonchev–Trinajstić information content (AvgIpc) is 2.89. The maximum absolute atomic E-state index is 12.6. The van der Waals surface area contributed by atoms with Gasteiger partial charge in [0.15, 0.2) is 0 Å². The SMILES string of the molecule is O=C(c1sccc1Br)N(CC1CCCN1)C1CC1. The van der Waals surface area contributed by atoms with Gasteiger partial charge in [-0.05, 0) is 59.6 Å². The van der Waals surface area contributed by atoms with Crippen molar-refractivity contribution in [1.29, 1.82) is 0 Å². The van der Waals surface area contributed by atoms with E-state index in [4.69, 9.17) is 0 Å². The predicted octanol–water partition coefficient (Wildman–Crippen LogP) is 2.87. The van der Waals surface area contributed by atoms with E-state index in [1.165, 1.54) is 37.0 Å². The molecule has 2 fully saturated rings. The lowest BCUT2D eigenvalue weighted by atomic mass is 10.2. The summed E-state index contributed by atoms with van der Waals surface area (Å²) in [6.07, 6.45) is 4.77. The first kappa shape index (κ1) is 12.6. The lowest BCUT2D eigenvalue weighted by Gasteiger charge is -2.25. The van der Waals surface area contributed by atoms with E-state index < -0.39 is 0 Å². The lowest BCUT2D eigenvalue weighted by molar-refractivity contribution is 0.0732. The summed E-state index contributed by atoms with van der Waals surface area (Å²) in [6, 6.07) is 2.93. The highest BCUT2D eigenvalue weighted by molar-refractivity contribution is 9.10. The van der Waals surface area contributed by atoms with Crippen molar-refractivity contribution in [2.45, 2.75) is 37.8 Å². The Kier molecular flexibility index (Phi) is 3.73. The first-order chi connectivity index (χ1) is 8.75. The van der Waals surface area contributed by atoms with Gasteiger partial charge in [0.25, 0.3) is 5.91 Å². The number of rotatable bonds is 4. The van der Waals surface area contributed by atoms with Crippen molar-refractivity contribution < 1.29 is 4.79 Å². The van der Waals surface area contributed by atoms with Crippen LogP contribution in [0.25, 0.3) is 0 Å². The lowest BCUT2D eigenvalue weighted by Crippen LogP contribution is -2.42. The molecule has 1 aliphatic carbocycles.